The lowest BCUT2D eigenvalue weighted by molar-refractivity contribution is 0.600. The van der Waals surface area contributed by atoms with Crippen LogP contribution in [0.4, 0.5) is 10.1 Å². The molecule has 0 aliphatic rings. The Kier molecular flexibility index (Phi) is 3.71. The summed E-state index contributed by atoms with van der Waals surface area (Å²) >= 11 is 6.14. The lowest BCUT2D eigenvalue weighted by Gasteiger charge is -2.18. The molecule has 0 aliphatic heterocycles. The van der Waals surface area contributed by atoms with Crippen molar-refractivity contribution in [2.75, 3.05) is 5.32 Å². The molecule has 0 radical (unpaired) electrons. The van der Waals surface area contributed by atoms with Gasteiger partial charge in [-0.3, -0.25) is 0 Å². The van der Waals surface area contributed by atoms with Crippen molar-refractivity contribution >= 4 is 28.2 Å². The molecule has 2 aromatic carbocycles. The molecule has 106 valence electrons. The summed E-state index contributed by atoms with van der Waals surface area (Å²) in [4.78, 5) is 0. The predicted octanol–water partition coefficient (Wildman–Crippen LogP) is 4.60. The summed E-state index contributed by atoms with van der Waals surface area (Å²) in [7, 11) is 0. The summed E-state index contributed by atoms with van der Waals surface area (Å²) in [5.41, 5.74) is 1.98. The van der Waals surface area contributed by atoms with Gasteiger partial charge in [-0.2, -0.15) is 0 Å². The normalized spacial score (nSPS) is 12.3. The number of hydrogen-bond acceptors (Lipinski definition) is 3. The van der Waals surface area contributed by atoms with Crippen molar-refractivity contribution in [1.29, 1.82) is 0 Å². The molecule has 3 aromatic rings. The van der Waals surface area contributed by atoms with Crippen LogP contribution < -0.4 is 5.32 Å². The molecule has 1 N–H and O–H groups in total. The van der Waals surface area contributed by atoms with Crippen LogP contribution >= 0.6 is 11.6 Å². The number of nitrogens with one attached hydrogen (secondary N) is 1. The lowest BCUT2D eigenvalue weighted by atomic mass is 10.1. The van der Waals surface area contributed by atoms with E-state index in [1.165, 1.54) is 6.07 Å². The van der Waals surface area contributed by atoms with E-state index in [0.717, 1.165) is 10.9 Å². The standard InChI is InChI=1S/C16H13ClFN3/c1-10(11-6-2-4-8-13(11)18)19-15-12-7-3-5-9-14(12)20-21-16(15)17/h2-10H,1H3,(H,19,20). The number of benzene rings is 2. The van der Waals surface area contributed by atoms with E-state index in [9.17, 15) is 4.39 Å². The molecule has 1 heterocycles. The Labute approximate surface area is 126 Å². The van der Waals surface area contributed by atoms with Crippen molar-refractivity contribution in [1.82, 2.24) is 10.2 Å². The highest BCUT2D eigenvalue weighted by atomic mass is 35.5. The van der Waals surface area contributed by atoms with Gasteiger partial charge in [-0.1, -0.05) is 48.0 Å². The van der Waals surface area contributed by atoms with Gasteiger partial charge in [-0.15, -0.1) is 10.2 Å². The SMILES string of the molecule is CC(Nc1c(Cl)nnc2ccccc12)c1ccccc1F. The molecule has 0 spiro atoms. The molecule has 0 aliphatic carbocycles. The van der Waals surface area contributed by atoms with E-state index in [2.05, 4.69) is 15.5 Å². The average Bonchev–Trinajstić information content (AvgIpc) is 2.50. The van der Waals surface area contributed by atoms with Crippen LogP contribution in [0.3, 0.4) is 0 Å². The fourth-order valence-corrected chi connectivity index (χ4v) is 2.48. The number of nitrogens with zero attached hydrogens (tertiary/aromatic N) is 2. The molecule has 0 bridgehead atoms. The van der Waals surface area contributed by atoms with Gasteiger partial charge in [0.2, 0.25) is 0 Å². The van der Waals surface area contributed by atoms with Gasteiger partial charge in [-0.05, 0) is 19.1 Å². The molecule has 0 saturated carbocycles. The zero-order valence-corrected chi connectivity index (χ0v) is 12.1. The van der Waals surface area contributed by atoms with E-state index < -0.39 is 0 Å². The summed E-state index contributed by atoms with van der Waals surface area (Å²) in [6, 6.07) is 14.0. The first kappa shape index (κ1) is 13.8. The van der Waals surface area contributed by atoms with Crippen molar-refractivity contribution < 1.29 is 4.39 Å². The summed E-state index contributed by atoms with van der Waals surface area (Å²) in [6.45, 7) is 1.88. The second-order valence-corrected chi connectivity index (χ2v) is 5.13. The van der Waals surface area contributed by atoms with Gasteiger partial charge in [0.1, 0.15) is 5.82 Å². The molecule has 5 heteroatoms. The maximum atomic E-state index is 13.9. The quantitative estimate of drug-likeness (QED) is 0.768. The maximum Gasteiger partial charge on any atom is 0.175 e. The Balaban J connectivity index is 2.02. The maximum absolute atomic E-state index is 13.9. The highest BCUT2D eigenvalue weighted by Gasteiger charge is 2.14. The van der Waals surface area contributed by atoms with Crippen molar-refractivity contribution in [3.63, 3.8) is 0 Å². The smallest absolute Gasteiger partial charge is 0.175 e. The van der Waals surface area contributed by atoms with Crippen LogP contribution in [0, 0.1) is 5.82 Å². The Morgan fingerprint density at radius 3 is 2.57 bits per heavy atom. The molecule has 1 aromatic heterocycles. The molecular weight excluding hydrogens is 289 g/mol. The van der Waals surface area contributed by atoms with Gasteiger partial charge in [0, 0.05) is 10.9 Å². The third-order valence-corrected chi connectivity index (χ3v) is 3.62. The number of rotatable bonds is 3. The van der Waals surface area contributed by atoms with Gasteiger partial charge in [0.05, 0.1) is 17.2 Å². The molecule has 3 nitrogen and oxygen atoms in total. The first-order valence-corrected chi connectivity index (χ1v) is 6.96. The number of aromatic nitrogens is 2. The predicted molar refractivity (Wildman–Crippen MR) is 83.0 cm³/mol. The Morgan fingerprint density at radius 2 is 1.76 bits per heavy atom. The largest absolute Gasteiger partial charge is 0.375 e. The van der Waals surface area contributed by atoms with Crippen LogP contribution in [-0.4, -0.2) is 10.2 Å². The fraction of sp³-hybridized carbons (Fsp3) is 0.125. The van der Waals surface area contributed by atoms with Gasteiger partial charge in [-0.25, -0.2) is 4.39 Å². The summed E-state index contributed by atoms with van der Waals surface area (Å²) in [6.07, 6.45) is 0. The van der Waals surface area contributed by atoms with E-state index in [4.69, 9.17) is 11.6 Å². The minimum absolute atomic E-state index is 0.240. The van der Waals surface area contributed by atoms with Crippen molar-refractivity contribution in [3.8, 4) is 0 Å². The van der Waals surface area contributed by atoms with Gasteiger partial charge in [0.25, 0.3) is 0 Å². The number of hydrogen-bond donors (Lipinski definition) is 1. The minimum atomic E-state index is -0.250. The van der Waals surface area contributed by atoms with Crippen LogP contribution in [0.25, 0.3) is 10.9 Å². The third kappa shape index (κ3) is 2.67. The van der Waals surface area contributed by atoms with Crippen molar-refractivity contribution in [2.24, 2.45) is 0 Å². The fourth-order valence-electron chi connectivity index (χ4n) is 2.29. The van der Waals surface area contributed by atoms with Crippen molar-refractivity contribution in [3.05, 3.63) is 65.1 Å². The molecule has 3 rings (SSSR count). The first-order chi connectivity index (χ1) is 10.2. The summed E-state index contributed by atoms with van der Waals surface area (Å²) in [5.74, 6) is -0.250. The monoisotopic (exact) mass is 301 g/mol. The second kappa shape index (κ2) is 5.66. The van der Waals surface area contributed by atoms with E-state index in [0.29, 0.717) is 11.3 Å². The zero-order chi connectivity index (χ0) is 14.8. The van der Waals surface area contributed by atoms with Crippen LogP contribution in [0.5, 0.6) is 0 Å². The summed E-state index contributed by atoms with van der Waals surface area (Å²) < 4.78 is 13.9. The van der Waals surface area contributed by atoms with Crippen molar-refractivity contribution in [2.45, 2.75) is 13.0 Å². The minimum Gasteiger partial charge on any atom is -0.375 e. The molecule has 0 saturated heterocycles. The number of fused-ring (bicyclic) bond motifs is 1. The van der Waals surface area contributed by atoms with Gasteiger partial charge >= 0.3 is 0 Å². The highest BCUT2D eigenvalue weighted by molar-refractivity contribution is 6.33. The van der Waals surface area contributed by atoms with Crippen LogP contribution in [0.15, 0.2) is 48.5 Å². The average molecular weight is 302 g/mol. The Hall–Kier alpha value is -2.20. The van der Waals surface area contributed by atoms with Gasteiger partial charge < -0.3 is 5.32 Å². The zero-order valence-electron chi connectivity index (χ0n) is 11.3. The Bertz CT molecular complexity index is 791. The Morgan fingerprint density at radius 1 is 1.05 bits per heavy atom. The van der Waals surface area contributed by atoms with Crippen LogP contribution in [0.1, 0.15) is 18.5 Å². The highest BCUT2D eigenvalue weighted by Crippen LogP contribution is 2.31. The molecule has 1 unspecified atom stereocenters. The third-order valence-electron chi connectivity index (χ3n) is 3.36. The topological polar surface area (TPSA) is 37.8 Å². The number of anilines is 1. The summed E-state index contributed by atoms with van der Waals surface area (Å²) in [5, 5.41) is 12.4. The van der Waals surface area contributed by atoms with E-state index in [1.807, 2.05) is 31.2 Å². The van der Waals surface area contributed by atoms with Crippen LogP contribution in [0.2, 0.25) is 5.15 Å². The number of halogens is 2. The first-order valence-electron chi connectivity index (χ1n) is 6.58. The molecule has 21 heavy (non-hydrogen) atoms. The lowest BCUT2D eigenvalue weighted by Crippen LogP contribution is -2.10. The molecule has 1 atom stereocenters. The van der Waals surface area contributed by atoms with E-state index in [-0.39, 0.29) is 17.0 Å². The van der Waals surface area contributed by atoms with E-state index in [1.54, 1.807) is 18.2 Å². The van der Waals surface area contributed by atoms with Crippen LogP contribution in [-0.2, 0) is 0 Å². The molecule has 0 amide bonds. The molecular formula is C16H13ClFN3. The second-order valence-electron chi connectivity index (χ2n) is 4.77. The van der Waals surface area contributed by atoms with E-state index >= 15 is 0 Å². The van der Waals surface area contributed by atoms with Gasteiger partial charge in [0.15, 0.2) is 5.15 Å². The molecule has 0 fully saturated rings.